The first-order valence-corrected chi connectivity index (χ1v) is 24.5. The van der Waals surface area contributed by atoms with E-state index < -0.39 is 0 Å². The summed E-state index contributed by atoms with van der Waals surface area (Å²) < 4.78 is 5.85. The lowest BCUT2D eigenvalue weighted by Crippen LogP contribution is -1.97. The fraction of sp³-hybridized carbons (Fsp3) is 1.00. The molecule has 0 saturated heterocycles. The van der Waals surface area contributed by atoms with Gasteiger partial charge < -0.3 is 4.74 Å². The molecular weight excluding hydrogens is 628 g/mol. The lowest BCUT2D eigenvalue weighted by molar-refractivity contribution is 0.125. The number of ether oxygens (including phenoxy) is 1. The molecule has 0 amide bonds. The molecule has 1 nitrogen and oxygen atoms in total. The molecule has 0 aromatic carbocycles. The van der Waals surface area contributed by atoms with Gasteiger partial charge in [-0.1, -0.05) is 271 Å². The Bertz CT molecular complexity index is 478. The summed E-state index contributed by atoms with van der Waals surface area (Å²) in [7, 11) is 0. The Morgan fingerprint density at radius 2 is 0.380 bits per heavy atom. The second kappa shape index (κ2) is 53.6. The molecular formula is C48H99ClO. The molecule has 0 radical (unpaired) electrons. The average Bonchev–Trinajstić information content (AvgIpc) is 3.13. The molecule has 0 aliphatic rings. The van der Waals surface area contributed by atoms with E-state index >= 15 is 0 Å². The van der Waals surface area contributed by atoms with Crippen LogP contribution in [-0.4, -0.2) is 19.1 Å². The summed E-state index contributed by atoms with van der Waals surface area (Å²) >= 11 is 5.64. The Balaban J connectivity index is 0. The fourth-order valence-corrected chi connectivity index (χ4v) is 7.38. The largest absolute Gasteiger partial charge is 0.381 e. The standard InChI is InChI=1S/C32H66O.C16H33Cl/c1-3-5-7-9-11-13-15-17-19-21-23-25-27-29-31-33-32-30-28-26-24-22-20-18-16-14-12-10-8-6-4-2;1-2-3-4-5-6-7-8-9-10-11-12-13-14-15-16-17/h3-32H2,1-2H3;2-16H2,1H3. The van der Waals surface area contributed by atoms with Gasteiger partial charge in [0.15, 0.2) is 0 Å². The lowest BCUT2D eigenvalue weighted by atomic mass is 10.0. The van der Waals surface area contributed by atoms with Crippen LogP contribution in [0.3, 0.4) is 0 Å². The molecule has 0 N–H and O–H groups in total. The Hall–Kier alpha value is 0.250. The number of halogens is 1. The topological polar surface area (TPSA) is 9.23 Å². The van der Waals surface area contributed by atoms with Gasteiger partial charge in [0.1, 0.15) is 0 Å². The minimum atomic E-state index is 0.845. The number of unbranched alkanes of at least 4 members (excludes halogenated alkanes) is 39. The van der Waals surface area contributed by atoms with Gasteiger partial charge in [-0.3, -0.25) is 0 Å². The third-order valence-electron chi connectivity index (χ3n) is 10.8. The highest BCUT2D eigenvalue weighted by Crippen LogP contribution is 2.16. The maximum absolute atomic E-state index is 5.85. The van der Waals surface area contributed by atoms with E-state index in [9.17, 15) is 0 Å². The third-order valence-corrected chi connectivity index (χ3v) is 11.0. The fourth-order valence-electron chi connectivity index (χ4n) is 7.19. The van der Waals surface area contributed by atoms with Crippen molar-refractivity contribution in [3.05, 3.63) is 0 Å². The zero-order chi connectivity index (χ0) is 36.5. The maximum Gasteiger partial charge on any atom is 0.0466 e. The second-order valence-electron chi connectivity index (χ2n) is 16.1. The van der Waals surface area contributed by atoms with Gasteiger partial charge in [0, 0.05) is 19.1 Å². The Kier molecular flexibility index (Phi) is 56.1. The highest BCUT2D eigenvalue weighted by molar-refractivity contribution is 6.17. The molecule has 0 aliphatic carbocycles. The van der Waals surface area contributed by atoms with Crippen molar-refractivity contribution < 1.29 is 4.74 Å². The lowest BCUT2D eigenvalue weighted by Gasteiger charge is -2.05. The summed E-state index contributed by atoms with van der Waals surface area (Å²) in [5.41, 5.74) is 0. The number of rotatable bonds is 44. The zero-order valence-electron chi connectivity index (χ0n) is 35.6. The number of hydrogen-bond donors (Lipinski definition) is 0. The van der Waals surface area contributed by atoms with E-state index in [1.807, 2.05) is 0 Å². The molecule has 50 heavy (non-hydrogen) atoms. The third kappa shape index (κ3) is 55.0. The van der Waals surface area contributed by atoms with Crippen molar-refractivity contribution in [3.8, 4) is 0 Å². The summed E-state index contributed by atoms with van der Waals surface area (Å²) in [5.74, 6) is 0.845. The van der Waals surface area contributed by atoms with Crippen molar-refractivity contribution in [1.29, 1.82) is 0 Å². The van der Waals surface area contributed by atoms with Crippen molar-refractivity contribution in [2.24, 2.45) is 0 Å². The summed E-state index contributed by atoms with van der Waals surface area (Å²) in [6.45, 7) is 8.88. The highest BCUT2D eigenvalue weighted by atomic mass is 35.5. The van der Waals surface area contributed by atoms with E-state index in [0.717, 1.165) is 19.1 Å². The first-order valence-electron chi connectivity index (χ1n) is 24.0. The summed E-state index contributed by atoms with van der Waals surface area (Å²) in [4.78, 5) is 0. The predicted octanol–water partition coefficient (Wildman–Crippen LogP) is 18.7. The van der Waals surface area contributed by atoms with Crippen molar-refractivity contribution in [3.63, 3.8) is 0 Å². The molecule has 0 aromatic heterocycles. The van der Waals surface area contributed by atoms with Crippen molar-refractivity contribution in [2.75, 3.05) is 19.1 Å². The summed E-state index contributed by atoms with van der Waals surface area (Å²) in [6, 6.07) is 0. The van der Waals surface area contributed by atoms with Gasteiger partial charge in [-0.25, -0.2) is 0 Å². The molecule has 0 atom stereocenters. The van der Waals surface area contributed by atoms with Crippen LogP contribution >= 0.6 is 11.6 Å². The zero-order valence-corrected chi connectivity index (χ0v) is 36.4. The van der Waals surface area contributed by atoms with Gasteiger partial charge in [0.25, 0.3) is 0 Å². The number of alkyl halides is 1. The molecule has 0 unspecified atom stereocenters. The van der Waals surface area contributed by atoms with Crippen LogP contribution < -0.4 is 0 Å². The van der Waals surface area contributed by atoms with Gasteiger partial charge in [-0.05, 0) is 19.3 Å². The normalized spacial score (nSPS) is 11.3. The van der Waals surface area contributed by atoms with Crippen molar-refractivity contribution in [2.45, 2.75) is 290 Å². The van der Waals surface area contributed by atoms with E-state index in [1.165, 1.54) is 270 Å². The molecule has 0 fully saturated rings. The minimum Gasteiger partial charge on any atom is -0.381 e. The Labute approximate surface area is 324 Å². The Morgan fingerprint density at radius 3 is 0.560 bits per heavy atom. The molecule has 0 spiro atoms. The van der Waals surface area contributed by atoms with Gasteiger partial charge in [0.2, 0.25) is 0 Å². The first kappa shape index (κ1) is 52.4. The molecule has 304 valence electrons. The molecule has 0 aliphatic heterocycles. The molecule has 0 saturated carbocycles. The van der Waals surface area contributed by atoms with Gasteiger partial charge in [-0.2, -0.15) is 0 Å². The predicted molar refractivity (Wildman–Crippen MR) is 232 cm³/mol. The molecule has 0 heterocycles. The van der Waals surface area contributed by atoms with Crippen LogP contribution in [0.25, 0.3) is 0 Å². The van der Waals surface area contributed by atoms with E-state index in [4.69, 9.17) is 16.3 Å². The van der Waals surface area contributed by atoms with E-state index in [-0.39, 0.29) is 0 Å². The van der Waals surface area contributed by atoms with Crippen LogP contribution in [0.5, 0.6) is 0 Å². The van der Waals surface area contributed by atoms with Crippen LogP contribution in [0.1, 0.15) is 290 Å². The van der Waals surface area contributed by atoms with Crippen LogP contribution in [0.15, 0.2) is 0 Å². The summed E-state index contributed by atoms with van der Waals surface area (Å²) in [5, 5.41) is 0. The van der Waals surface area contributed by atoms with Crippen LogP contribution in [0, 0.1) is 0 Å². The van der Waals surface area contributed by atoms with Crippen LogP contribution in [-0.2, 0) is 4.74 Å². The molecule has 2 heteroatoms. The van der Waals surface area contributed by atoms with Gasteiger partial charge >= 0.3 is 0 Å². The van der Waals surface area contributed by atoms with E-state index in [2.05, 4.69) is 20.8 Å². The van der Waals surface area contributed by atoms with Crippen LogP contribution in [0.2, 0.25) is 0 Å². The van der Waals surface area contributed by atoms with Crippen molar-refractivity contribution >= 4 is 11.6 Å². The average molecular weight is 728 g/mol. The second-order valence-corrected chi connectivity index (χ2v) is 16.5. The van der Waals surface area contributed by atoms with E-state index in [0.29, 0.717) is 0 Å². The van der Waals surface area contributed by atoms with Gasteiger partial charge in [0.05, 0.1) is 0 Å². The molecule has 0 bridgehead atoms. The maximum atomic E-state index is 5.85. The van der Waals surface area contributed by atoms with Crippen molar-refractivity contribution in [1.82, 2.24) is 0 Å². The number of hydrogen-bond acceptors (Lipinski definition) is 1. The first-order chi connectivity index (χ1) is 24.8. The Morgan fingerprint density at radius 1 is 0.220 bits per heavy atom. The summed E-state index contributed by atoms with van der Waals surface area (Å²) in [6.07, 6.45) is 59.9. The highest BCUT2D eigenvalue weighted by Gasteiger charge is 1.97. The monoisotopic (exact) mass is 727 g/mol. The SMILES string of the molecule is CCCCCCCCCCCCCCCCCl.CCCCCCCCCCCCCCCCOCCCCCCCCCCCCCCCC. The minimum absolute atomic E-state index is 0.845. The molecule has 0 rings (SSSR count). The quantitative estimate of drug-likeness (QED) is 0.0449. The van der Waals surface area contributed by atoms with Gasteiger partial charge in [-0.15, -0.1) is 11.6 Å². The van der Waals surface area contributed by atoms with E-state index in [1.54, 1.807) is 0 Å². The molecule has 0 aromatic rings. The smallest absolute Gasteiger partial charge is 0.0466 e. The van der Waals surface area contributed by atoms with Crippen LogP contribution in [0.4, 0.5) is 0 Å².